The van der Waals surface area contributed by atoms with Crippen molar-refractivity contribution in [2.75, 3.05) is 39.3 Å². The molecule has 0 aliphatic carbocycles. The van der Waals surface area contributed by atoms with Crippen molar-refractivity contribution in [2.45, 2.75) is 52.0 Å². The number of nitrogens with zero attached hydrogens (tertiary/aromatic N) is 2. The lowest BCUT2D eigenvalue weighted by molar-refractivity contribution is -0.136. The third-order valence-corrected chi connectivity index (χ3v) is 4.80. The van der Waals surface area contributed by atoms with Gasteiger partial charge in [-0.2, -0.15) is 0 Å². The number of hydrogen-bond donors (Lipinski definition) is 1. The summed E-state index contributed by atoms with van der Waals surface area (Å²) in [4.78, 5) is 17.1. The van der Waals surface area contributed by atoms with E-state index in [1.54, 1.807) is 0 Å². The van der Waals surface area contributed by atoms with Crippen molar-refractivity contribution in [1.29, 1.82) is 0 Å². The Labute approximate surface area is 123 Å². The van der Waals surface area contributed by atoms with Crippen LogP contribution in [0, 0.1) is 5.92 Å². The maximum atomic E-state index is 12.5. The average Bonchev–Trinajstić information content (AvgIpc) is 2.49. The molecule has 1 N–H and O–H groups in total. The summed E-state index contributed by atoms with van der Waals surface area (Å²) in [5.74, 6) is 1.06. The van der Waals surface area contributed by atoms with Gasteiger partial charge in [0.05, 0.1) is 6.04 Å². The fourth-order valence-electron chi connectivity index (χ4n) is 3.43. The summed E-state index contributed by atoms with van der Waals surface area (Å²) in [6, 6.07) is 0.0828. The van der Waals surface area contributed by atoms with Gasteiger partial charge < -0.3 is 15.1 Å². The van der Waals surface area contributed by atoms with Crippen molar-refractivity contribution in [3.8, 4) is 0 Å². The molecule has 0 radical (unpaired) electrons. The number of rotatable bonds is 6. The average molecular weight is 281 g/mol. The van der Waals surface area contributed by atoms with E-state index in [9.17, 15) is 4.79 Å². The molecule has 2 heterocycles. The molecule has 4 nitrogen and oxygen atoms in total. The summed E-state index contributed by atoms with van der Waals surface area (Å²) in [5, 5.41) is 3.41. The summed E-state index contributed by atoms with van der Waals surface area (Å²) >= 11 is 0. The molecule has 2 aliphatic heterocycles. The van der Waals surface area contributed by atoms with E-state index in [1.165, 1.54) is 32.5 Å². The smallest absolute Gasteiger partial charge is 0.239 e. The molecule has 1 amide bonds. The molecule has 1 unspecified atom stereocenters. The van der Waals surface area contributed by atoms with E-state index in [4.69, 9.17) is 0 Å². The molecule has 116 valence electrons. The van der Waals surface area contributed by atoms with E-state index in [1.807, 2.05) is 0 Å². The van der Waals surface area contributed by atoms with Crippen LogP contribution < -0.4 is 5.32 Å². The molecule has 2 saturated heterocycles. The van der Waals surface area contributed by atoms with Crippen LogP contribution in [0.4, 0.5) is 0 Å². The van der Waals surface area contributed by atoms with Crippen molar-refractivity contribution in [2.24, 2.45) is 5.92 Å². The lowest BCUT2D eigenvalue weighted by Gasteiger charge is -2.38. The summed E-state index contributed by atoms with van der Waals surface area (Å²) in [6.45, 7) is 10.9. The zero-order valence-corrected chi connectivity index (χ0v) is 13.2. The monoisotopic (exact) mass is 281 g/mol. The summed E-state index contributed by atoms with van der Waals surface area (Å²) in [7, 11) is 0. The van der Waals surface area contributed by atoms with Crippen LogP contribution in [0.25, 0.3) is 0 Å². The van der Waals surface area contributed by atoms with Crippen molar-refractivity contribution in [1.82, 2.24) is 15.1 Å². The van der Waals surface area contributed by atoms with Crippen molar-refractivity contribution in [3.63, 3.8) is 0 Å². The largest absolute Gasteiger partial charge is 0.341 e. The Kier molecular flexibility index (Phi) is 6.30. The maximum Gasteiger partial charge on any atom is 0.239 e. The van der Waals surface area contributed by atoms with E-state index >= 15 is 0 Å². The van der Waals surface area contributed by atoms with Crippen LogP contribution in [0.15, 0.2) is 0 Å². The van der Waals surface area contributed by atoms with Crippen molar-refractivity contribution < 1.29 is 4.79 Å². The molecule has 2 rings (SSSR count). The number of amides is 1. The van der Waals surface area contributed by atoms with Crippen LogP contribution in [0.2, 0.25) is 0 Å². The topological polar surface area (TPSA) is 35.6 Å². The van der Waals surface area contributed by atoms with E-state index in [0.717, 1.165) is 38.9 Å². The summed E-state index contributed by atoms with van der Waals surface area (Å²) < 4.78 is 0. The first-order valence-electron chi connectivity index (χ1n) is 8.49. The van der Waals surface area contributed by atoms with Gasteiger partial charge in [0.25, 0.3) is 0 Å². The fraction of sp³-hybridized carbons (Fsp3) is 0.938. The number of piperidine rings is 2. The predicted octanol–water partition coefficient (Wildman–Crippen LogP) is 1.71. The fourth-order valence-corrected chi connectivity index (χ4v) is 3.43. The molecule has 1 atom stereocenters. The number of likely N-dealkylation sites (tertiary alicyclic amines) is 2. The zero-order valence-electron chi connectivity index (χ0n) is 13.2. The second kappa shape index (κ2) is 7.99. The molecular formula is C16H31N3O. The van der Waals surface area contributed by atoms with Gasteiger partial charge >= 0.3 is 0 Å². The molecule has 0 saturated carbocycles. The highest BCUT2D eigenvalue weighted by Gasteiger charge is 2.30. The Morgan fingerprint density at radius 2 is 1.90 bits per heavy atom. The Bertz CT molecular complexity index is 300. The predicted molar refractivity (Wildman–Crippen MR) is 82.7 cm³/mol. The van der Waals surface area contributed by atoms with Gasteiger partial charge in [-0.25, -0.2) is 0 Å². The lowest BCUT2D eigenvalue weighted by Crippen LogP contribution is -2.52. The van der Waals surface area contributed by atoms with Crippen LogP contribution in [0.1, 0.15) is 46.0 Å². The second-order valence-electron chi connectivity index (χ2n) is 6.31. The van der Waals surface area contributed by atoms with E-state index in [0.29, 0.717) is 11.8 Å². The van der Waals surface area contributed by atoms with Gasteiger partial charge in [0.15, 0.2) is 0 Å². The van der Waals surface area contributed by atoms with E-state index in [-0.39, 0.29) is 6.04 Å². The summed E-state index contributed by atoms with van der Waals surface area (Å²) in [6.07, 6.45) is 5.78. The van der Waals surface area contributed by atoms with Gasteiger partial charge in [0.2, 0.25) is 5.91 Å². The Hall–Kier alpha value is -0.610. The van der Waals surface area contributed by atoms with Crippen LogP contribution in [0.3, 0.4) is 0 Å². The van der Waals surface area contributed by atoms with Gasteiger partial charge in [-0.1, -0.05) is 13.8 Å². The number of carbonyl (C=O) groups excluding carboxylic acids is 1. The van der Waals surface area contributed by atoms with Gasteiger partial charge in [-0.15, -0.1) is 0 Å². The molecule has 0 aromatic rings. The van der Waals surface area contributed by atoms with Crippen molar-refractivity contribution >= 4 is 5.91 Å². The lowest BCUT2D eigenvalue weighted by atomic mass is 9.94. The quantitative estimate of drug-likeness (QED) is 0.805. The minimum atomic E-state index is 0.0828. The molecule has 2 fully saturated rings. The Morgan fingerprint density at radius 1 is 1.15 bits per heavy atom. The number of nitrogens with one attached hydrogen (secondary N) is 1. The molecule has 0 bridgehead atoms. The zero-order chi connectivity index (χ0) is 14.4. The number of carbonyl (C=O) groups is 1. The summed E-state index contributed by atoms with van der Waals surface area (Å²) in [5.41, 5.74) is 0. The van der Waals surface area contributed by atoms with Crippen LogP contribution in [-0.2, 0) is 4.79 Å². The first-order chi connectivity index (χ1) is 9.74. The molecule has 20 heavy (non-hydrogen) atoms. The number of hydrogen-bond acceptors (Lipinski definition) is 3. The minimum absolute atomic E-state index is 0.0828. The molecular weight excluding hydrogens is 250 g/mol. The van der Waals surface area contributed by atoms with Gasteiger partial charge in [-0.05, 0) is 64.2 Å². The maximum absolute atomic E-state index is 12.5. The molecule has 2 aliphatic rings. The third kappa shape index (κ3) is 4.19. The highest BCUT2D eigenvalue weighted by atomic mass is 16.2. The van der Waals surface area contributed by atoms with Gasteiger partial charge in [-0.3, -0.25) is 4.79 Å². The Morgan fingerprint density at radius 3 is 2.55 bits per heavy atom. The van der Waals surface area contributed by atoms with Crippen LogP contribution in [-0.4, -0.2) is 61.0 Å². The van der Waals surface area contributed by atoms with Gasteiger partial charge in [0.1, 0.15) is 0 Å². The van der Waals surface area contributed by atoms with Crippen LogP contribution in [0.5, 0.6) is 0 Å². The highest BCUT2D eigenvalue weighted by molar-refractivity contribution is 5.82. The van der Waals surface area contributed by atoms with Crippen LogP contribution >= 0.6 is 0 Å². The van der Waals surface area contributed by atoms with E-state index < -0.39 is 0 Å². The normalized spacial score (nSPS) is 26.2. The first kappa shape index (κ1) is 15.8. The van der Waals surface area contributed by atoms with Crippen molar-refractivity contribution in [3.05, 3.63) is 0 Å². The first-order valence-corrected chi connectivity index (χ1v) is 8.49. The second-order valence-corrected chi connectivity index (χ2v) is 6.31. The third-order valence-electron chi connectivity index (χ3n) is 4.80. The van der Waals surface area contributed by atoms with E-state index in [2.05, 4.69) is 29.0 Å². The SMILES string of the molecule is CCCNC1CCCN(CC2CCN(CC)CC2)C1=O. The minimum Gasteiger partial charge on any atom is -0.341 e. The highest BCUT2D eigenvalue weighted by Crippen LogP contribution is 2.21. The standard InChI is InChI=1S/C16H31N3O/c1-3-9-17-15-6-5-10-19(16(15)20)13-14-7-11-18(4-2)12-8-14/h14-15,17H,3-13H2,1-2H3. The Balaban J connectivity index is 1.78. The molecule has 4 heteroatoms. The van der Waals surface area contributed by atoms with Gasteiger partial charge in [0, 0.05) is 13.1 Å². The molecule has 0 aromatic heterocycles. The molecule has 0 aromatic carbocycles. The molecule has 0 spiro atoms.